The molecule has 0 bridgehead atoms. The van der Waals surface area contributed by atoms with E-state index in [2.05, 4.69) is 0 Å². The molecule has 0 atom stereocenters. The molecule has 0 saturated carbocycles. The summed E-state index contributed by atoms with van der Waals surface area (Å²) in [5.41, 5.74) is 4.42. The van der Waals surface area contributed by atoms with Crippen LogP contribution in [-0.4, -0.2) is 0 Å². The van der Waals surface area contributed by atoms with Crippen LogP contribution in [0.15, 0.2) is 36.4 Å². The van der Waals surface area contributed by atoms with E-state index in [1.807, 2.05) is 0 Å². The van der Waals surface area contributed by atoms with Crippen molar-refractivity contribution in [2.45, 2.75) is 6.18 Å². The van der Waals surface area contributed by atoms with Crippen molar-refractivity contribution in [2.24, 2.45) is 0 Å². The first kappa shape index (κ1) is 13.7. The van der Waals surface area contributed by atoms with E-state index in [1.165, 1.54) is 18.2 Å². The number of hydrogen-bond acceptors (Lipinski definition) is 1. The normalized spacial score (nSPS) is 11.6. The van der Waals surface area contributed by atoms with Gasteiger partial charge in [0.2, 0.25) is 0 Å². The summed E-state index contributed by atoms with van der Waals surface area (Å²) < 4.78 is 51.6. The second kappa shape index (κ2) is 4.74. The summed E-state index contributed by atoms with van der Waals surface area (Å²) in [6, 6.07) is 6.57. The molecule has 0 amide bonds. The van der Waals surface area contributed by atoms with Crippen molar-refractivity contribution >= 4 is 17.3 Å². The molecule has 2 rings (SSSR count). The fourth-order valence-electron chi connectivity index (χ4n) is 1.69. The molecule has 0 aliphatic rings. The van der Waals surface area contributed by atoms with Crippen LogP contribution < -0.4 is 5.73 Å². The van der Waals surface area contributed by atoms with Gasteiger partial charge in [0.05, 0.1) is 5.56 Å². The molecule has 0 spiro atoms. The number of hydrogen-bond donors (Lipinski definition) is 1. The molecule has 19 heavy (non-hydrogen) atoms. The van der Waals surface area contributed by atoms with Crippen LogP contribution in [0.1, 0.15) is 5.56 Å². The highest BCUT2D eigenvalue weighted by Crippen LogP contribution is 2.35. The molecular weight excluding hydrogens is 282 g/mol. The zero-order chi connectivity index (χ0) is 14.2. The van der Waals surface area contributed by atoms with Gasteiger partial charge in [0.15, 0.2) is 0 Å². The Hall–Kier alpha value is -1.75. The Labute approximate surface area is 111 Å². The topological polar surface area (TPSA) is 26.0 Å². The molecule has 0 unspecified atom stereocenters. The van der Waals surface area contributed by atoms with E-state index in [0.29, 0.717) is 0 Å². The van der Waals surface area contributed by atoms with Crippen molar-refractivity contribution in [3.63, 3.8) is 0 Å². The van der Waals surface area contributed by atoms with Crippen LogP contribution in [-0.2, 0) is 6.18 Å². The summed E-state index contributed by atoms with van der Waals surface area (Å²) in [5.74, 6) is -0.664. The lowest BCUT2D eigenvalue weighted by atomic mass is 10.0. The fourth-order valence-corrected chi connectivity index (χ4v) is 1.86. The van der Waals surface area contributed by atoms with Gasteiger partial charge in [-0.3, -0.25) is 0 Å². The first-order valence-corrected chi connectivity index (χ1v) is 5.58. The van der Waals surface area contributed by atoms with Gasteiger partial charge in [-0.25, -0.2) is 4.39 Å². The molecule has 6 heteroatoms. The summed E-state index contributed by atoms with van der Waals surface area (Å²) >= 11 is 5.72. The lowest BCUT2D eigenvalue weighted by Gasteiger charge is -2.11. The van der Waals surface area contributed by atoms with Gasteiger partial charge in [-0.05, 0) is 42.0 Å². The van der Waals surface area contributed by atoms with E-state index in [9.17, 15) is 17.6 Å². The SMILES string of the molecule is Nc1cc(-c2cc(Cl)ccc2F)cc(C(F)(F)F)c1. The summed E-state index contributed by atoms with van der Waals surface area (Å²) in [7, 11) is 0. The van der Waals surface area contributed by atoms with Gasteiger partial charge in [0.1, 0.15) is 5.82 Å². The lowest BCUT2D eigenvalue weighted by molar-refractivity contribution is -0.137. The third-order valence-electron chi connectivity index (χ3n) is 2.52. The third-order valence-corrected chi connectivity index (χ3v) is 2.76. The van der Waals surface area contributed by atoms with Gasteiger partial charge < -0.3 is 5.73 Å². The third kappa shape index (κ3) is 2.98. The highest BCUT2D eigenvalue weighted by Gasteiger charge is 2.31. The molecule has 2 aromatic carbocycles. The fraction of sp³-hybridized carbons (Fsp3) is 0.0769. The molecule has 1 nitrogen and oxygen atoms in total. The van der Waals surface area contributed by atoms with Crippen molar-refractivity contribution in [3.8, 4) is 11.1 Å². The first-order chi connectivity index (χ1) is 8.77. The monoisotopic (exact) mass is 289 g/mol. The summed E-state index contributed by atoms with van der Waals surface area (Å²) in [4.78, 5) is 0. The molecule has 0 aliphatic heterocycles. The molecule has 2 aromatic rings. The van der Waals surface area contributed by atoms with Crippen LogP contribution in [0.3, 0.4) is 0 Å². The summed E-state index contributed by atoms with van der Waals surface area (Å²) in [6.07, 6.45) is -4.54. The second-order valence-electron chi connectivity index (χ2n) is 3.97. The number of nitrogens with two attached hydrogens (primary N) is 1. The van der Waals surface area contributed by atoms with Crippen molar-refractivity contribution in [1.82, 2.24) is 0 Å². The van der Waals surface area contributed by atoms with Crippen molar-refractivity contribution < 1.29 is 17.6 Å². The van der Waals surface area contributed by atoms with Crippen molar-refractivity contribution in [3.05, 3.63) is 52.8 Å². The van der Waals surface area contributed by atoms with E-state index in [-0.39, 0.29) is 21.8 Å². The number of halogens is 5. The van der Waals surface area contributed by atoms with Gasteiger partial charge in [0.25, 0.3) is 0 Å². The predicted octanol–water partition coefficient (Wildman–Crippen LogP) is 4.75. The number of anilines is 1. The Morgan fingerprint density at radius 1 is 1.00 bits per heavy atom. The van der Waals surface area contributed by atoms with Crippen LogP contribution in [0, 0.1) is 5.82 Å². The Kier molecular flexibility index (Phi) is 3.41. The number of benzene rings is 2. The van der Waals surface area contributed by atoms with Crippen molar-refractivity contribution in [1.29, 1.82) is 0 Å². The molecule has 0 radical (unpaired) electrons. The molecule has 0 aliphatic carbocycles. The minimum absolute atomic E-state index is 0.0229. The van der Waals surface area contributed by atoms with Crippen LogP contribution in [0.2, 0.25) is 5.02 Å². The molecule has 0 fully saturated rings. The molecule has 2 N–H and O–H groups in total. The molecule has 0 aromatic heterocycles. The molecule has 0 heterocycles. The van der Waals surface area contributed by atoms with Gasteiger partial charge in [-0.15, -0.1) is 0 Å². The molecule has 100 valence electrons. The van der Waals surface area contributed by atoms with Crippen LogP contribution >= 0.6 is 11.6 Å². The maximum atomic E-state index is 13.6. The lowest BCUT2D eigenvalue weighted by Crippen LogP contribution is -2.06. The largest absolute Gasteiger partial charge is 0.416 e. The van der Waals surface area contributed by atoms with Crippen LogP contribution in [0.4, 0.5) is 23.2 Å². The van der Waals surface area contributed by atoms with E-state index in [4.69, 9.17) is 17.3 Å². The Bertz CT molecular complexity index is 623. The maximum Gasteiger partial charge on any atom is 0.416 e. The average Bonchev–Trinajstić information content (AvgIpc) is 2.30. The Balaban J connectivity index is 2.63. The van der Waals surface area contributed by atoms with E-state index in [1.54, 1.807) is 0 Å². The van der Waals surface area contributed by atoms with E-state index < -0.39 is 17.6 Å². The zero-order valence-electron chi connectivity index (χ0n) is 9.43. The number of rotatable bonds is 1. The zero-order valence-corrected chi connectivity index (χ0v) is 10.2. The first-order valence-electron chi connectivity index (χ1n) is 5.20. The predicted molar refractivity (Wildman–Crippen MR) is 66.3 cm³/mol. The summed E-state index contributed by atoms with van der Waals surface area (Å²) in [6.45, 7) is 0. The average molecular weight is 290 g/mol. The highest BCUT2D eigenvalue weighted by molar-refractivity contribution is 6.30. The molecule has 0 saturated heterocycles. The number of alkyl halides is 3. The van der Waals surface area contributed by atoms with Gasteiger partial charge >= 0.3 is 6.18 Å². The number of nitrogen functional groups attached to an aromatic ring is 1. The second-order valence-corrected chi connectivity index (χ2v) is 4.40. The Morgan fingerprint density at radius 3 is 2.32 bits per heavy atom. The standard InChI is InChI=1S/C13H8ClF4N/c14-9-1-2-12(15)11(6-9)7-3-8(13(16,17)18)5-10(19)4-7/h1-6H,19H2. The highest BCUT2D eigenvalue weighted by atomic mass is 35.5. The van der Waals surface area contributed by atoms with E-state index in [0.717, 1.165) is 18.2 Å². The smallest absolute Gasteiger partial charge is 0.399 e. The van der Waals surface area contributed by atoms with Crippen LogP contribution in [0.5, 0.6) is 0 Å². The van der Waals surface area contributed by atoms with E-state index >= 15 is 0 Å². The minimum Gasteiger partial charge on any atom is -0.399 e. The maximum absolute atomic E-state index is 13.6. The van der Waals surface area contributed by atoms with Gasteiger partial charge in [-0.2, -0.15) is 13.2 Å². The quantitative estimate of drug-likeness (QED) is 0.595. The Morgan fingerprint density at radius 2 is 1.68 bits per heavy atom. The summed E-state index contributed by atoms with van der Waals surface area (Å²) in [5, 5.41) is 0.229. The minimum atomic E-state index is -4.54. The van der Waals surface area contributed by atoms with Gasteiger partial charge in [0, 0.05) is 16.3 Å². The van der Waals surface area contributed by atoms with Crippen LogP contribution in [0.25, 0.3) is 11.1 Å². The molecular formula is C13H8ClF4N. The van der Waals surface area contributed by atoms with Crippen molar-refractivity contribution in [2.75, 3.05) is 5.73 Å². The van der Waals surface area contributed by atoms with Gasteiger partial charge in [-0.1, -0.05) is 11.6 Å².